The highest BCUT2D eigenvalue weighted by atomic mass is 79.9. The van der Waals surface area contributed by atoms with Gasteiger partial charge < -0.3 is 10.6 Å². The van der Waals surface area contributed by atoms with Crippen LogP contribution in [0.15, 0.2) is 28.7 Å². The lowest BCUT2D eigenvalue weighted by molar-refractivity contribution is -0.134. The first kappa shape index (κ1) is 16.5. The fourth-order valence-corrected chi connectivity index (χ4v) is 3.24. The Labute approximate surface area is 136 Å². The maximum Gasteiger partial charge on any atom is 0.222 e. The van der Waals surface area contributed by atoms with Crippen molar-refractivity contribution in [1.82, 2.24) is 4.90 Å². The number of hydrogen-bond acceptors (Lipinski definition) is 2. The number of rotatable bonds is 5. The molecule has 1 fully saturated rings. The number of hydrogen-bond donors (Lipinski definition) is 1. The predicted molar refractivity (Wildman–Crippen MR) is 90.1 cm³/mol. The molecule has 1 aliphatic rings. The van der Waals surface area contributed by atoms with Gasteiger partial charge in [0.25, 0.3) is 0 Å². The first-order valence-corrected chi connectivity index (χ1v) is 8.65. The van der Waals surface area contributed by atoms with E-state index >= 15 is 0 Å². The second-order valence-electron chi connectivity index (χ2n) is 6.05. The number of unbranched alkanes of at least 4 members (excludes halogenated alkanes) is 1. The largest absolute Gasteiger partial charge is 0.340 e. The number of carbonyl (C=O) groups is 1. The van der Waals surface area contributed by atoms with Crippen LogP contribution in [0.5, 0.6) is 0 Å². The van der Waals surface area contributed by atoms with Gasteiger partial charge in [-0.1, -0.05) is 28.1 Å². The second-order valence-corrected chi connectivity index (χ2v) is 6.97. The van der Waals surface area contributed by atoms with E-state index in [1.165, 1.54) is 5.56 Å². The summed E-state index contributed by atoms with van der Waals surface area (Å²) < 4.78 is 1.11. The molecule has 3 nitrogen and oxygen atoms in total. The van der Waals surface area contributed by atoms with Crippen molar-refractivity contribution < 1.29 is 4.79 Å². The molecule has 21 heavy (non-hydrogen) atoms. The Bertz CT molecular complexity index is 460. The summed E-state index contributed by atoms with van der Waals surface area (Å²) in [6.45, 7) is 2.94. The highest BCUT2D eigenvalue weighted by Crippen LogP contribution is 2.18. The molecule has 0 aromatic heterocycles. The fourth-order valence-electron chi connectivity index (χ4n) is 2.98. The Kier molecular flexibility index (Phi) is 6.24. The highest BCUT2D eigenvalue weighted by molar-refractivity contribution is 9.10. The van der Waals surface area contributed by atoms with Gasteiger partial charge in [-0.05, 0) is 56.7 Å². The number of nitrogens with zero attached hydrogens (tertiary/aromatic N) is 1. The topological polar surface area (TPSA) is 46.3 Å². The average molecular weight is 353 g/mol. The molecule has 0 saturated carbocycles. The van der Waals surface area contributed by atoms with Gasteiger partial charge in [-0.25, -0.2) is 0 Å². The van der Waals surface area contributed by atoms with Crippen molar-refractivity contribution in [2.24, 2.45) is 5.73 Å². The summed E-state index contributed by atoms with van der Waals surface area (Å²) in [5.41, 5.74) is 7.28. The van der Waals surface area contributed by atoms with E-state index in [9.17, 15) is 4.79 Å². The first-order chi connectivity index (χ1) is 10.1. The van der Waals surface area contributed by atoms with Gasteiger partial charge >= 0.3 is 0 Å². The molecule has 2 atom stereocenters. The van der Waals surface area contributed by atoms with E-state index < -0.39 is 0 Å². The van der Waals surface area contributed by atoms with Crippen LogP contribution in [0.2, 0.25) is 0 Å². The molecule has 4 heteroatoms. The van der Waals surface area contributed by atoms with E-state index in [1.54, 1.807) is 0 Å². The van der Waals surface area contributed by atoms with E-state index in [1.807, 2.05) is 4.90 Å². The monoisotopic (exact) mass is 352 g/mol. The molecular formula is C17H25BrN2O. The number of benzene rings is 1. The number of likely N-dealkylation sites (tertiary alicyclic amines) is 1. The number of carbonyl (C=O) groups excluding carboxylic acids is 1. The van der Waals surface area contributed by atoms with Crippen LogP contribution in [0, 0.1) is 0 Å². The summed E-state index contributed by atoms with van der Waals surface area (Å²) >= 11 is 3.44. The van der Waals surface area contributed by atoms with Crippen molar-refractivity contribution >= 4 is 21.8 Å². The molecule has 116 valence electrons. The van der Waals surface area contributed by atoms with Gasteiger partial charge in [0.2, 0.25) is 5.91 Å². The minimum absolute atomic E-state index is 0.265. The van der Waals surface area contributed by atoms with Crippen molar-refractivity contribution in [3.8, 4) is 0 Å². The Balaban J connectivity index is 1.68. The van der Waals surface area contributed by atoms with Crippen molar-refractivity contribution in [2.75, 3.05) is 6.54 Å². The van der Waals surface area contributed by atoms with E-state index in [4.69, 9.17) is 5.73 Å². The Hall–Kier alpha value is -0.870. The molecule has 0 radical (unpaired) electrons. The number of nitrogens with two attached hydrogens (primary N) is 1. The van der Waals surface area contributed by atoms with Crippen LogP contribution in [-0.2, 0) is 11.2 Å². The zero-order valence-electron chi connectivity index (χ0n) is 12.7. The van der Waals surface area contributed by atoms with Crippen LogP contribution in [0.3, 0.4) is 0 Å². The van der Waals surface area contributed by atoms with Gasteiger partial charge in [-0.3, -0.25) is 4.79 Å². The van der Waals surface area contributed by atoms with Crippen LogP contribution in [0.1, 0.15) is 44.6 Å². The summed E-state index contributed by atoms with van der Waals surface area (Å²) in [5.74, 6) is 0.296. The zero-order chi connectivity index (χ0) is 15.2. The lowest BCUT2D eigenvalue weighted by Gasteiger charge is -2.36. The lowest BCUT2D eigenvalue weighted by atomic mass is 9.98. The zero-order valence-corrected chi connectivity index (χ0v) is 14.3. The summed E-state index contributed by atoms with van der Waals surface area (Å²) in [6, 6.07) is 8.98. The van der Waals surface area contributed by atoms with Gasteiger partial charge in [-0.2, -0.15) is 0 Å². The molecule has 1 heterocycles. The third-order valence-corrected chi connectivity index (χ3v) is 4.79. The Morgan fingerprint density at radius 3 is 2.71 bits per heavy atom. The van der Waals surface area contributed by atoms with E-state index in [2.05, 4.69) is 47.1 Å². The molecule has 0 spiro atoms. The van der Waals surface area contributed by atoms with E-state index in [0.717, 1.165) is 43.1 Å². The molecule has 1 saturated heterocycles. The number of amides is 1. The van der Waals surface area contributed by atoms with Crippen LogP contribution < -0.4 is 5.73 Å². The molecule has 2 rings (SSSR count). The van der Waals surface area contributed by atoms with Gasteiger partial charge in [0.05, 0.1) is 0 Å². The molecular weight excluding hydrogens is 328 g/mol. The van der Waals surface area contributed by atoms with Crippen molar-refractivity contribution in [2.45, 2.75) is 57.5 Å². The van der Waals surface area contributed by atoms with Crippen molar-refractivity contribution in [1.29, 1.82) is 0 Å². The maximum atomic E-state index is 12.3. The van der Waals surface area contributed by atoms with E-state index in [0.29, 0.717) is 18.4 Å². The smallest absolute Gasteiger partial charge is 0.222 e. The fraction of sp³-hybridized carbons (Fsp3) is 0.588. The second kappa shape index (κ2) is 7.95. The van der Waals surface area contributed by atoms with Crippen LogP contribution in [0.4, 0.5) is 0 Å². The van der Waals surface area contributed by atoms with Crippen LogP contribution >= 0.6 is 15.9 Å². The molecule has 1 aromatic carbocycles. The lowest BCUT2D eigenvalue weighted by Crippen LogP contribution is -2.48. The SMILES string of the molecule is C[C@@H]1C[C@H](N)CCN1C(=O)CCCCc1ccc(Br)cc1. The quantitative estimate of drug-likeness (QED) is 0.824. The van der Waals surface area contributed by atoms with Crippen molar-refractivity contribution in [3.63, 3.8) is 0 Å². The third-order valence-electron chi connectivity index (χ3n) is 4.26. The van der Waals surface area contributed by atoms with Gasteiger partial charge in [0.15, 0.2) is 0 Å². The number of piperidine rings is 1. The standard InChI is InChI=1S/C17H25BrN2O/c1-13-12-16(19)10-11-20(13)17(21)5-3-2-4-14-6-8-15(18)9-7-14/h6-9,13,16H,2-5,10-12,19H2,1H3/t13-,16-/m1/s1. The maximum absolute atomic E-state index is 12.3. The van der Waals surface area contributed by atoms with Gasteiger partial charge in [0.1, 0.15) is 0 Å². The molecule has 0 bridgehead atoms. The van der Waals surface area contributed by atoms with Crippen LogP contribution in [-0.4, -0.2) is 29.4 Å². The Morgan fingerprint density at radius 2 is 2.05 bits per heavy atom. The van der Waals surface area contributed by atoms with Crippen molar-refractivity contribution in [3.05, 3.63) is 34.3 Å². The molecule has 1 amide bonds. The summed E-state index contributed by atoms with van der Waals surface area (Å²) in [4.78, 5) is 14.3. The summed E-state index contributed by atoms with van der Waals surface area (Å²) in [5, 5.41) is 0. The Morgan fingerprint density at radius 1 is 1.33 bits per heavy atom. The van der Waals surface area contributed by atoms with Crippen LogP contribution in [0.25, 0.3) is 0 Å². The minimum atomic E-state index is 0.265. The van der Waals surface area contributed by atoms with E-state index in [-0.39, 0.29) is 6.04 Å². The molecule has 0 unspecified atom stereocenters. The average Bonchev–Trinajstić information content (AvgIpc) is 2.45. The predicted octanol–water partition coefficient (Wildman–Crippen LogP) is 3.50. The third kappa shape index (κ3) is 5.11. The first-order valence-electron chi connectivity index (χ1n) is 7.86. The molecule has 1 aromatic rings. The normalized spacial score (nSPS) is 22.3. The summed E-state index contributed by atoms with van der Waals surface area (Å²) in [7, 11) is 0. The molecule has 1 aliphatic heterocycles. The highest BCUT2D eigenvalue weighted by Gasteiger charge is 2.26. The summed E-state index contributed by atoms with van der Waals surface area (Å²) in [6.07, 6.45) is 5.61. The number of aryl methyl sites for hydroxylation is 1. The van der Waals surface area contributed by atoms with Gasteiger partial charge in [0, 0.05) is 29.5 Å². The molecule has 2 N–H and O–H groups in total. The minimum Gasteiger partial charge on any atom is -0.340 e. The van der Waals surface area contributed by atoms with Gasteiger partial charge in [-0.15, -0.1) is 0 Å². The molecule has 0 aliphatic carbocycles. The number of halogens is 1.